The molecule has 0 bridgehead atoms. The van der Waals surface area contributed by atoms with Crippen LogP contribution in [0.3, 0.4) is 0 Å². The predicted molar refractivity (Wildman–Crippen MR) is 134 cm³/mol. The van der Waals surface area contributed by atoms with Crippen LogP contribution < -0.4 is 10.1 Å². The van der Waals surface area contributed by atoms with E-state index in [1.807, 2.05) is 24.3 Å². The van der Waals surface area contributed by atoms with Crippen molar-refractivity contribution in [2.24, 2.45) is 0 Å². The van der Waals surface area contributed by atoms with E-state index >= 15 is 0 Å². The van der Waals surface area contributed by atoms with Gasteiger partial charge in [0.15, 0.2) is 6.73 Å². The first kappa shape index (κ1) is 25.0. The number of nitrogens with zero attached hydrogens (tertiary/aromatic N) is 3. The van der Waals surface area contributed by atoms with Gasteiger partial charge in [0.1, 0.15) is 10.6 Å². The lowest BCUT2D eigenvalue weighted by atomic mass is 10.2. The topological polar surface area (TPSA) is 93.5 Å². The number of nitrogens with one attached hydrogen (secondary N) is 1. The SMILES string of the molecule is O=C(Nc1cnn(COc2ccc(Br)cc2)c1)c1cc(S(=O)(=O)N2CCCCC2)c(Cl)cc1Cl. The highest BCUT2D eigenvalue weighted by atomic mass is 79.9. The maximum absolute atomic E-state index is 13.1. The lowest BCUT2D eigenvalue weighted by molar-refractivity contribution is 0.102. The second-order valence-corrected chi connectivity index (χ2v) is 11.3. The minimum absolute atomic E-state index is 0.000476. The zero-order chi connectivity index (χ0) is 24.3. The Morgan fingerprint density at radius 3 is 2.50 bits per heavy atom. The Hall–Kier alpha value is -2.11. The fraction of sp³-hybridized carbons (Fsp3) is 0.273. The van der Waals surface area contributed by atoms with Crippen LogP contribution in [-0.2, 0) is 16.8 Å². The summed E-state index contributed by atoms with van der Waals surface area (Å²) < 4.78 is 35.7. The van der Waals surface area contributed by atoms with E-state index < -0.39 is 15.9 Å². The number of anilines is 1. The average molecular weight is 588 g/mol. The molecule has 3 aromatic rings. The van der Waals surface area contributed by atoms with Gasteiger partial charge in [-0.15, -0.1) is 0 Å². The molecule has 0 radical (unpaired) electrons. The molecule has 34 heavy (non-hydrogen) atoms. The van der Waals surface area contributed by atoms with Gasteiger partial charge < -0.3 is 10.1 Å². The fourth-order valence-corrected chi connectivity index (χ4v) is 6.13. The molecule has 2 heterocycles. The molecule has 2 aromatic carbocycles. The summed E-state index contributed by atoms with van der Waals surface area (Å²) in [6.07, 6.45) is 5.60. The highest BCUT2D eigenvalue weighted by Gasteiger charge is 2.30. The van der Waals surface area contributed by atoms with Crippen LogP contribution in [0, 0.1) is 0 Å². The maximum atomic E-state index is 13.1. The summed E-state index contributed by atoms with van der Waals surface area (Å²) in [5, 5.41) is 6.87. The summed E-state index contributed by atoms with van der Waals surface area (Å²) in [4.78, 5) is 12.8. The van der Waals surface area contributed by atoms with Gasteiger partial charge in [0.2, 0.25) is 10.0 Å². The molecule has 1 amide bonds. The zero-order valence-electron chi connectivity index (χ0n) is 17.9. The summed E-state index contributed by atoms with van der Waals surface area (Å²) in [7, 11) is -3.84. The second-order valence-electron chi connectivity index (χ2n) is 7.68. The van der Waals surface area contributed by atoms with E-state index in [1.165, 1.54) is 27.3 Å². The second kappa shape index (κ2) is 10.7. The highest BCUT2D eigenvalue weighted by molar-refractivity contribution is 9.10. The lowest BCUT2D eigenvalue weighted by Gasteiger charge is -2.26. The Morgan fingerprint density at radius 1 is 1.09 bits per heavy atom. The van der Waals surface area contributed by atoms with E-state index in [2.05, 4.69) is 26.3 Å². The van der Waals surface area contributed by atoms with Gasteiger partial charge in [-0.1, -0.05) is 45.6 Å². The molecule has 1 N–H and O–H groups in total. The monoisotopic (exact) mass is 586 g/mol. The largest absolute Gasteiger partial charge is 0.471 e. The quantitative estimate of drug-likeness (QED) is 0.398. The van der Waals surface area contributed by atoms with Crippen molar-refractivity contribution in [1.82, 2.24) is 14.1 Å². The molecule has 0 saturated carbocycles. The Morgan fingerprint density at radius 2 is 1.79 bits per heavy atom. The molecule has 1 fully saturated rings. The molecule has 8 nitrogen and oxygen atoms in total. The van der Waals surface area contributed by atoms with Crippen molar-refractivity contribution in [3.05, 3.63) is 68.9 Å². The normalized spacial score (nSPS) is 14.7. The van der Waals surface area contributed by atoms with Gasteiger partial charge in [0.05, 0.1) is 33.7 Å². The number of piperidine rings is 1. The number of rotatable bonds is 7. The molecule has 180 valence electrons. The van der Waals surface area contributed by atoms with Crippen LogP contribution >= 0.6 is 39.1 Å². The molecule has 0 spiro atoms. The molecule has 4 rings (SSSR count). The third kappa shape index (κ3) is 5.75. The molecule has 0 atom stereocenters. The summed E-state index contributed by atoms with van der Waals surface area (Å²) in [6.45, 7) is 0.978. The minimum atomic E-state index is -3.84. The Bertz CT molecular complexity index is 1290. The molecule has 0 aliphatic carbocycles. The Labute approximate surface area is 216 Å². The predicted octanol–water partition coefficient (Wildman–Crippen LogP) is 5.42. The average Bonchev–Trinajstić information content (AvgIpc) is 3.26. The van der Waals surface area contributed by atoms with Crippen molar-refractivity contribution in [1.29, 1.82) is 0 Å². The number of amides is 1. The van der Waals surface area contributed by atoms with Crippen molar-refractivity contribution < 1.29 is 17.9 Å². The van der Waals surface area contributed by atoms with Crippen molar-refractivity contribution in [2.75, 3.05) is 18.4 Å². The summed E-state index contributed by atoms with van der Waals surface area (Å²) in [5.41, 5.74) is 0.399. The maximum Gasteiger partial charge on any atom is 0.257 e. The van der Waals surface area contributed by atoms with Crippen LogP contribution in [0.25, 0.3) is 0 Å². The zero-order valence-corrected chi connectivity index (χ0v) is 21.8. The third-order valence-corrected chi connectivity index (χ3v) is 8.47. The number of carbonyl (C=O) groups is 1. The molecule has 1 aliphatic heterocycles. The number of hydrogen-bond donors (Lipinski definition) is 1. The third-order valence-electron chi connectivity index (χ3n) is 5.27. The summed E-state index contributed by atoms with van der Waals surface area (Å²) >= 11 is 15.8. The van der Waals surface area contributed by atoms with Crippen LogP contribution in [0.5, 0.6) is 5.75 Å². The first-order valence-electron chi connectivity index (χ1n) is 10.5. The van der Waals surface area contributed by atoms with Gasteiger partial charge in [-0.3, -0.25) is 4.79 Å². The van der Waals surface area contributed by atoms with Crippen LogP contribution in [0.15, 0.2) is 58.2 Å². The molecule has 0 unspecified atom stereocenters. The van der Waals surface area contributed by atoms with E-state index in [9.17, 15) is 13.2 Å². The van der Waals surface area contributed by atoms with Crippen LogP contribution in [0.4, 0.5) is 5.69 Å². The fourth-order valence-electron chi connectivity index (χ4n) is 3.51. The number of ether oxygens (including phenoxy) is 1. The van der Waals surface area contributed by atoms with E-state index in [1.54, 1.807) is 6.20 Å². The van der Waals surface area contributed by atoms with E-state index in [0.29, 0.717) is 24.5 Å². The first-order chi connectivity index (χ1) is 16.2. The number of aromatic nitrogens is 2. The highest BCUT2D eigenvalue weighted by Crippen LogP contribution is 2.32. The Kier molecular flexibility index (Phi) is 7.83. The van der Waals surface area contributed by atoms with Crippen molar-refractivity contribution in [2.45, 2.75) is 30.9 Å². The standard InChI is InChI=1S/C22H21BrCl2N4O4S/c23-15-4-6-17(7-5-15)33-14-28-13-16(12-26-28)27-22(30)18-10-21(20(25)11-19(18)24)34(31,32)29-8-2-1-3-9-29/h4-7,10-13H,1-3,8-9,14H2,(H,27,30). The van der Waals surface area contributed by atoms with Gasteiger partial charge in [-0.25, -0.2) is 13.1 Å². The molecular formula is C22H21BrCl2N4O4S. The lowest BCUT2D eigenvalue weighted by Crippen LogP contribution is -2.35. The number of sulfonamides is 1. The smallest absolute Gasteiger partial charge is 0.257 e. The molecular weight excluding hydrogens is 567 g/mol. The summed E-state index contributed by atoms with van der Waals surface area (Å²) in [6, 6.07) is 9.86. The Balaban J connectivity index is 1.48. The first-order valence-corrected chi connectivity index (χ1v) is 13.4. The minimum Gasteiger partial charge on any atom is -0.471 e. The number of halogens is 3. The number of hydrogen-bond acceptors (Lipinski definition) is 5. The van der Waals surface area contributed by atoms with Crippen molar-refractivity contribution >= 4 is 60.7 Å². The van der Waals surface area contributed by atoms with Gasteiger partial charge in [0, 0.05) is 17.6 Å². The van der Waals surface area contributed by atoms with Crippen LogP contribution in [0.1, 0.15) is 29.6 Å². The molecule has 12 heteroatoms. The van der Waals surface area contributed by atoms with Crippen LogP contribution in [-0.4, -0.2) is 41.5 Å². The van der Waals surface area contributed by atoms with Gasteiger partial charge in [0.25, 0.3) is 5.91 Å². The van der Waals surface area contributed by atoms with E-state index in [-0.39, 0.29) is 27.2 Å². The molecule has 1 saturated heterocycles. The molecule has 1 aliphatic rings. The summed E-state index contributed by atoms with van der Waals surface area (Å²) in [5.74, 6) is 0.0878. The van der Waals surface area contributed by atoms with Gasteiger partial charge in [-0.2, -0.15) is 9.40 Å². The molecule has 1 aromatic heterocycles. The van der Waals surface area contributed by atoms with Gasteiger partial charge in [-0.05, 0) is 49.2 Å². The van der Waals surface area contributed by atoms with Crippen molar-refractivity contribution in [3.8, 4) is 5.75 Å². The number of benzene rings is 2. The number of carbonyl (C=O) groups excluding carboxylic acids is 1. The van der Waals surface area contributed by atoms with Gasteiger partial charge >= 0.3 is 0 Å². The van der Waals surface area contributed by atoms with Crippen LogP contribution in [0.2, 0.25) is 10.0 Å². The van der Waals surface area contributed by atoms with Crippen molar-refractivity contribution in [3.63, 3.8) is 0 Å². The van der Waals surface area contributed by atoms with E-state index in [4.69, 9.17) is 27.9 Å². The van der Waals surface area contributed by atoms with E-state index in [0.717, 1.165) is 23.7 Å².